The Balaban J connectivity index is 2.65. The first-order chi connectivity index (χ1) is 7.30. The molecule has 1 aromatic carbocycles. The fraction of sp³-hybridized carbons (Fsp3) is 0.538. The number of aliphatic hydroxyl groups excluding tert-OH is 1. The highest BCUT2D eigenvalue weighted by Crippen LogP contribution is 2.27. The summed E-state index contributed by atoms with van der Waals surface area (Å²) in [5, 5.41) is 10.7. The SMILES string of the molecule is CC(C)(C)[C@@H](N)C[C@H](O)c1ccc(Cl)cc1. The Morgan fingerprint density at radius 3 is 2.19 bits per heavy atom. The predicted molar refractivity (Wildman–Crippen MR) is 68.5 cm³/mol. The minimum Gasteiger partial charge on any atom is -0.388 e. The Morgan fingerprint density at radius 1 is 1.25 bits per heavy atom. The Labute approximate surface area is 102 Å². The van der Waals surface area contributed by atoms with Crippen LogP contribution in [0.4, 0.5) is 0 Å². The fourth-order valence-electron chi connectivity index (χ4n) is 1.42. The van der Waals surface area contributed by atoms with Gasteiger partial charge in [0.05, 0.1) is 6.10 Å². The third-order valence-electron chi connectivity index (χ3n) is 2.84. The molecule has 0 aromatic heterocycles. The molecule has 0 saturated carbocycles. The Bertz CT molecular complexity index is 329. The predicted octanol–water partition coefficient (Wildman–Crippen LogP) is 3.14. The van der Waals surface area contributed by atoms with Gasteiger partial charge < -0.3 is 10.8 Å². The number of rotatable bonds is 3. The van der Waals surface area contributed by atoms with Crippen molar-refractivity contribution in [3.8, 4) is 0 Å². The van der Waals surface area contributed by atoms with E-state index in [1.807, 2.05) is 12.1 Å². The van der Waals surface area contributed by atoms with Crippen molar-refractivity contribution in [3.05, 3.63) is 34.9 Å². The van der Waals surface area contributed by atoms with Crippen molar-refractivity contribution < 1.29 is 5.11 Å². The molecule has 0 heterocycles. The maximum Gasteiger partial charge on any atom is 0.0805 e. The monoisotopic (exact) mass is 241 g/mol. The van der Waals surface area contributed by atoms with Gasteiger partial charge in [-0.05, 0) is 29.5 Å². The molecule has 0 spiro atoms. The molecule has 2 atom stereocenters. The quantitative estimate of drug-likeness (QED) is 0.854. The van der Waals surface area contributed by atoms with Crippen LogP contribution in [0, 0.1) is 5.41 Å². The molecule has 0 amide bonds. The van der Waals surface area contributed by atoms with Gasteiger partial charge in [-0.15, -0.1) is 0 Å². The van der Waals surface area contributed by atoms with Gasteiger partial charge in [-0.25, -0.2) is 0 Å². The molecule has 0 bridgehead atoms. The zero-order valence-electron chi connectivity index (χ0n) is 10.1. The average Bonchev–Trinajstić information content (AvgIpc) is 2.17. The highest BCUT2D eigenvalue weighted by molar-refractivity contribution is 6.30. The van der Waals surface area contributed by atoms with Gasteiger partial charge in [0, 0.05) is 11.1 Å². The van der Waals surface area contributed by atoms with Crippen molar-refractivity contribution in [2.24, 2.45) is 11.1 Å². The van der Waals surface area contributed by atoms with Crippen LogP contribution in [0.15, 0.2) is 24.3 Å². The van der Waals surface area contributed by atoms with E-state index < -0.39 is 6.10 Å². The molecule has 0 aliphatic rings. The van der Waals surface area contributed by atoms with Gasteiger partial charge in [-0.3, -0.25) is 0 Å². The maximum absolute atomic E-state index is 10.0. The zero-order chi connectivity index (χ0) is 12.3. The molecule has 90 valence electrons. The molecule has 1 aromatic rings. The van der Waals surface area contributed by atoms with E-state index in [1.165, 1.54) is 0 Å². The number of benzene rings is 1. The smallest absolute Gasteiger partial charge is 0.0805 e. The average molecular weight is 242 g/mol. The van der Waals surface area contributed by atoms with Gasteiger partial charge in [0.1, 0.15) is 0 Å². The van der Waals surface area contributed by atoms with E-state index in [0.29, 0.717) is 11.4 Å². The van der Waals surface area contributed by atoms with Crippen molar-refractivity contribution in [2.75, 3.05) is 0 Å². The Morgan fingerprint density at radius 2 is 1.75 bits per heavy atom. The van der Waals surface area contributed by atoms with Gasteiger partial charge >= 0.3 is 0 Å². The molecule has 3 N–H and O–H groups in total. The van der Waals surface area contributed by atoms with E-state index in [4.69, 9.17) is 17.3 Å². The normalized spacial score (nSPS) is 15.9. The highest BCUT2D eigenvalue weighted by atomic mass is 35.5. The first-order valence-corrected chi connectivity index (χ1v) is 5.87. The van der Waals surface area contributed by atoms with E-state index >= 15 is 0 Å². The summed E-state index contributed by atoms with van der Waals surface area (Å²) in [6.45, 7) is 6.23. The molecule has 16 heavy (non-hydrogen) atoms. The fourth-order valence-corrected chi connectivity index (χ4v) is 1.54. The van der Waals surface area contributed by atoms with Gasteiger partial charge in [-0.2, -0.15) is 0 Å². The molecule has 0 unspecified atom stereocenters. The number of hydrogen-bond acceptors (Lipinski definition) is 2. The number of halogens is 1. The van der Waals surface area contributed by atoms with E-state index in [1.54, 1.807) is 12.1 Å². The van der Waals surface area contributed by atoms with Crippen molar-refractivity contribution >= 4 is 11.6 Å². The lowest BCUT2D eigenvalue weighted by atomic mass is 9.83. The summed E-state index contributed by atoms with van der Waals surface area (Å²) in [4.78, 5) is 0. The van der Waals surface area contributed by atoms with Gasteiger partial charge in [0.2, 0.25) is 0 Å². The largest absolute Gasteiger partial charge is 0.388 e. The standard InChI is InChI=1S/C13H20ClNO/c1-13(2,3)12(15)8-11(16)9-4-6-10(14)7-5-9/h4-7,11-12,16H,8,15H2,1-3H3/t11-,12-/m0/s1. The minimum atomic E-state index is -0.522. The van der Waals surface area contributed by atoms with Crippen LogP contribution in [-0.2, 0) is 0 Å². The summed E-state index contributed by atoms with van der Waals surface area (Å²) in [7, 11) is 0. The molecule has 3 heteroatoms. The molecule has 2 nitrogen and oxygen atoms in total. The van der Waals surface area contributed by atoms with Gasteiger partial charge in [0.25, 0.3) is 0 Å². The molecule has 0 fully saturated rings. The second kappa shape index (κ2) is 5.17. The lowest BCUT2D eigenvalue weighted by Gasteiger charge is -2.29. The summed E-state index contributed by atoms with van der Waals surface area (Å²) in [6, 6.07) is 7.20. The van der Waals surface area contributed by atoms with E-state index in [0.717, 1.165) is 5.56 Å². The molecule has 0 aliphatic heterocycles. The van der Waals surface area contributed by atoms with Crippen LogP contribution >= 0.6 is 11.6 Å². The molecule has 0 aliphatic carbocycles. The van der Waals surface area contributed by atoms with Crippen molar-refractivity contribution in [1.29, 1.82) is 0 Å². The summed E-state index contributed by atoms with van der Waals surface area (Å²) in [6.07, 6.45) is 0.0389. The van der Waals surface area contributed by atoms with Crippen LogP contribution in [-0.4, -0.2) is 11.1 Å². The van der Waals surface area contributed by atoms with Crippen molar-refractivity contribution in [2.45, 2.75) is 39.3 Å². The molecule has 1 rings (SSSR count). The van der Waals surface area contributed by atoms with Crippen LogP contribution in [0.25, 0.3) is 0 Å². The van der Waals surface area contributed by atoms with Gasteiger partial charge in [0.15, 0.2) is 0 Å². The summed E-state index contributed by atoms with van der Waals surface area (Å²) in [5.41, 5.74) is 6.91. The van der Waals surface area contributed by atoms with E-state index in [2.05, 4.69) is 20.8 Å². The molecular formula is C13H20ClNO. The van der Waals surface area contributed by atoms with Gasteiger partial charge in [-0.1, -0.05) is 44.5 Å². The molecular weight excluding hydrogens is 222 g/mol. The Kier molecular flexibility index (Phi) is 4.36. The van der Waals surface area contributed by atoms with E-state index in [9.17, 15) is 5.11 Å². The second-order valence-electron chi connectivity index (χ2n) is 5.28. The van der Waals surface area contributed by atoms with E-state index in [-0.39, 0.29) is 11.5 Å². The first-order valence-electron chi connectivity index (χ1n) is 5.50. The summed E-state index contributed by atoms with van der Waals surface area (Å²) in [5.74, 6) is 0. The first kappa shape index (κ1) is 13.5. The summed E-state index contributed by atoms with van der Waals surface area (Å²) >= 11 is 5.79. The maximum atomic E-state index is 10.0. The van der Waals surface area contributed by atoms with Crippen LogP contribution in [0.2, 0.25) is 5.02 Å². The number of aliphatic hydroxyl groups is 1. The van der Waals surface area contributed by atoms with Crippen LogP contribution in [0.1, 0.15) is 38.9 Å². The van der Waals surface area contributed by atoms with Crippen molar-refractivity contribution in [3.63, 3.8) is 0 Å². The molecule has 0 saturated heterocycles. The number of hydrogen-bond donors (Lipinski definition) is 2. The Hall–Kier alpha value is -0.570. The summed E-state index contributed by atoms with van der Waals surface area (Å²) < 4.78 is 0. The van der Waals surface area contributed by atoms with Crippen molar-refractivity contribution in [1.82, 2.24) is 0 Å². The lowest BCUT2D eigenvalue weighted by Crippen LogP contribution is -2.36. The van der Waals surface area contributed by atoms with Crippen LogP contribution < -0.4 is 5.73 Å². The van der Waals surface area contributed by atoms with Crippen LogP contribution in [0.3, 0.4) is 0 Å². The topological polar surface area (TPSA) is 46.2 Å². The third-order valence-corrected chi connectivity index (χ3v) is 3.10. The highest BCUT2D eigenvalue weighted by Gasteiger charge is 2.23. The second-order valence-corrected chi connectivity index (χ2v) is 5.71. The molecule has 0 radical (unpaired) electrons. The lowest BCUT2D eigenvalue weighted by molar-refractivity contribution is 0.133. The third kappa shape index (κ3) is 3.78. The zero-order valence-corrected chi connectivity index (χ0v) is 10.8. The number of nitrogens with two attached hydrogens (primary N) is 1. The van der Waals surface area contributed by atoms with Crippen LogP contribution in [0.5, 0.6) is 0 Å². The minimum absolute atomic E-state index is 0.00735.